The van der Waals surface area contributed by atoms with Crippen molar-refractivity contribution in [1.82, 2.24) is 4.72 Å². The molecule has 0 saturated heterocycles. The fourth-order valence-electron chi connectivity index (χ4n) is 3.33. The SMILES string of the molecule is O=S(=O)(NC[C@@H]1COc2ccccc2O1)c1ccc2c(c1)CCCC2. The fourth-order valence-corrected chi connectivity index (χ4v) is 4.44. The lowest BCUT2D eigenvalue weighted by molar-refractivity contribution is 0.0943. The first-order valence-corrected chi connectivity index (χ1v) is 10.1. The van der Waals surface area contributed by atoms with Gasteiger partial charge in [-0.25, -0.2) is 13.1 Å². The van der Waals surface area contributed by atoms with Crippen molar-refractivity contribution in [3.8, 4) is 11.5 Å². The van der Waals surface area contributed by atoms with Gasteiger partial charge in [0.25, 0.3) is 0 Å². The number of rotatable bonds is 4. The number of benzene rings is 2. The smallest absolute Gasteiger partial charge is 0.240 e. The lowest BCUT2D eigenvalue weighted by Crippen LogP contribution is -2.40. The average molecular weight is 359 g/mol. The van der Waals surface area contributed by atoms with Gasteiger partial charge in [-0.15, -0.1) is 0 Å². The molecular formula is C19H21NO4S. The van der Waals surface area contributed by atoms with Crippen LogP contribution in [0.5, 0.6) is 11.5 Å². The Morgan fingerprint density at radius 1 is 1.00 bits per heavy atom. The van der Waals surface area contributed by atoms with E-state index in [1.54, 1.807) is 6.07 Å². The lowest BCUT2D eigenvalue weighted by atomic mass is 9.92. The Hall–Kier alpha value is -2.05. The summed E-state index contributed by atoms with van der Waals surface area (Å²) in [5, 5.41) is 0. The standard InChI is InChI=1S/C19H21NO4S/c21-25(22,17-10-9-14-5-1-2-6-15(14)11-17)20-12-16-13-23-18-7-3-4-8-19(18)24-16/h3-4,7-11,16,20H,1-2,5-6,12-13H2/t16-/m1/s1. The van der Waals surface area contributed by atoms with Crippen LogP contribution in [0.1, 0.15) is 24.0 Å². The number of aryl methyl sites for hydroxylation is 2. The van der Waals surface area contributed by atoms with Crippen molar-refractivity contribution in [2.45, 2.75) is 36.7 Å². The van der Waals surface area contributed by atoms with E-state index in [-0.39, 0.29) is 12.6 Å². The molecule has 0 aromatic heterocycles. The van der Waals surface area contributed by atoms with Crippen molar-refractivity contribution in [2.24, 2.45) is 0 Å². The predicted octanol–water partition coefficient (Wildman–Crippen LogP) is 2.68. The Bertz CT molecular complexity index is 879. The van der Waals surface area contributed by atoms with Gasteiger partial charge in [0.05, 0.1) is 11.4 Å². The van der Waals surface area contributed by atoms with Gasteiger partial charge >= 0.3 is 0 Å². The van der Waals surface area contributed by atoms with E-state index in [1.165, 1.54) is 12.0 Å². The zero-order valence-corrected chi connectivity index (χ0v) is 14.7. The van der Waals surface area contributed by atoms with Crippen LogP contribution in [-0.4, -0.2) is 27.7 Å². The van der Waals surface area contributed by atoms with Gasteiger partial charge in [-0.05, 0) is 61.1 Å². The molecule has 6 heteroatoms. The highest BCUT2D eigenvalue weighted by molar-refractivity contribution is 7.89. The maximum atomic E-state index is 12.6. The summed E-state index contributed by atoms with van der Waals surface area (Å²) >= 11 is 0. The summed E-state index contributed by atoms with van der Waals surface area (Å²) in [4.78, 5) is 0.324. The first-order chi connectivity index (χ1) is 12.1. The minimum Gasteiger partial charge on any atom is -0.486 e. The van der Waals surface area contributed by atoms with Crippen LogP contribution in [0.4, 0.5) is 0 Å². The molecular weight excluding hydrogens is 338 g/mol. The monoisotopic (exact) mass is 359 g/mol. The van der Waals surface area contributed by atoms with Crippen molar-refractivity contribution in [3.05, 3.63) is 53.6 Å². The van der Waals surface area contributed by atoms with Crippen molar-refractivity contribution < 1.29 is 17.9 Å². The van der Waals surface area contributed by atoms with E-state index in [0.29, 0.717) is 23.0 Å². The van der Waals surface area contributed by atoms with Crippen molar-refractivity contribution in [3.63, 3.8) is 0 Å². The molecule has 0 saturated carbocycles. The Morgan fingerprint density at radius 3 is 2.60 bits per heavy atom. The fraction of sp³-hybridized carbons (Fsp3) is 0.368. The number of sulfonamides is 1. The predicted molar refractivity (Wildman–Crippen MR) is 94.6 cm³/mol. The third-order valence-corrected chi connectivity index (χ3v) is 6.12. The molecule has 2 aromatic rings. The summed E-state index contributed by atoms with van der Waals surface area (Å²) in [5.74, 6) is 1.34. The first-order valence-electron chi connectivity index (χ1n) is 8.62. The normalized spacial score (nSPS) is 19.3. The van der Waals surface area contributed by atoms with Gasteiger partial charge in [-0.1, -0.05) is 18.2 Å². The van der Waals surface area contributed by atoms with Crippen LogP contribution in [0, 0.1) is 0 Å². The van der Waals surface area contributed by atoms with E-state index in [0.717, 1.165) is 24.8 Å². The third kappa shape index (κ3) is 3.50. The number of nitrogens with one attached hydrogen (secondary N) is 1. The molecule has 4 rings (SSSR count). The van der Waals surface area contributed by atoms with Crippen LogP contribution in [0.25, 0.3) is 0 Å². The summed E-state index contributed by atoms with van der Waals surface area (Å²) in [6.07, 6.45) is 3.95. The lowest BCUT2D eigenvalue weighted by Gasteiger charge is -2.26. The molecule has 2 aromatic carbocycles. The van der Waals surface area contributed by atoms with E-state index >= 15 is 0 Å². The summed E-state index contributed by atoms with van der Waals surface area (Å²) in [6.45, 7) is 0.497. The topological polar surface area (TPSA) is 64.6 Å². The molecule has 0 unspecified atom stereocenters. The number of ether oxygens (including phenoxy) is 2. The van der Waals surface area contributed by atoms with Gasteiger partial charge in [-0.2, -0.15) is 0 Å². The molecule has 0 fully saturated rings. The summed E-state index contributed by atoms with van der Waals surface area (Å²) in [6, 6.07) is 12.8. The van der Waals surface area contributed by atoms with Gasteiger partial charge in [0.15, 0.2) is 11.5 Å². The van der Waals surface area contributed by atoms with E-state index in [4.69, 9.17) is 9.47 Å². The second-order valence-electron chi connectivity index (χ2n) is 6.49. The van der Waals surface area contributed by atoms with E-state index < -0.39 is 10.0 Å². The van der Waals surface area contributed by atoms with Crippen LogP contribution < -0.4 is 14.2 Å². The number of fused-ring (bicyclic) bond motifs is 2. The van der Waals surface area contributed by atoms with E-state index in [2.05, 4.69) is 4.72 Å². The Labute approximate surface area is 148 Å². The molecule has 1 heterocycles. The van der Waals surface area contributed by atoms with Crippen molar-refractivity contribution >= 4 is 10.0 Å². The Morgan fingerprint density at radius 2 is 1.76 bits per heavy atom. The largest absolute Gasteiger partial charge is 0.486 e. The number of para-hydroxylation sites is 2. The third-order valence-electron chi connectivity index (χ3n) is 4.70. The number of hydrogen-bond acceptors (Lipinski definition) is 4. The van der Waals surface area contributed by atoms with Gasteiger partial charge in [-0.3, -0.25) is 0 Å². The molecule has 5 nitrogen and oxygen atoms in total. The molecule has 2 aliphatic rings. The van der Waals surface area contributed by atoms with Gasteiger partial charge in [0, 0.05) is 0 Å². The zero-order chi connectivity index (χ0) is 17.3. The van der Waals surface area contributed by atoms with Crippen LogP contribution in [0.3, 0.4) is 0 Å². The first kappa shape index (κ1) is 16.4. The minimum atomic E-state index is -3.56. The molecule has 1 N–H and O–H groups in total. The molecule has 0 spiro atoms. The second-order valence-corrected chi connectivity index (χ2v) is 8.25. The zero-order valence-electron chi connectivity index (χ0n) is 13.9. The highest BCUT2D eigenvalue weighted by Gasteiger charge is 2.24. The van der Waals surface area contributed by atoms with Gasteiger partial charge < -0.3 is 9.47 Å². The van der Waals surface area contributed by atoms with Crippen molar-refractivity contribution in [1.29, 1.82) is 0 Å². The molecule has 25 heavy (non-hydrogen) atoms. The molecule has 0 radical (unpaired) electrons. The molecule has 1 aliphatic carbocycles. The van der Waals surface area contributed by atoms with Crippen LogP contribution in [0.15, 0.2) is 47.4 Å². The number of hydrogen-bond donors (Lipinski definition) is 1. The Kier molecular flexibility index (Phi) is 4.39. The quantitative estimate of drug-likeness (QED) is 0.912. The minimum absolute atomic E-state index is 0.174. The molecule has 1 atom stereocenters. The molecule has 0 amide bonds. The molecule has 132 valence electrons. The van der Waals surface area contributed by atoms with E-state index in [1.807, 2.05) is 36.4 Å². The van der Waals surface area contributed by atoms with Crippen molar-refractivity contribution in [2.75, 3.05) is 13.2 Å². The van der Waals surface area contributed by atoms with Gasteiger partial charge in [0.1, 0.15) is 12.7 Å². The summed E-state index contributed by atoms with van der Waals surface area (Å²) in [5.41, 5.74) is 2.42. The summed E-state index contributed by atoms with van der Waals surface area (Å²) in [7, 11) is -3.56. The maximum absolute atomic E-state index is 12.6. The summed E-state index contributed by atoms with van der Waals surface area (Å²) < 4.78 is 39.3. The van der Waals surface area contributed by atoms with Gasteiger partial charge in [0.2, 0.25) is 10.0 Å². The van der Waals surface area contributed by atoms with Crippen LogP contribution in [0.2, 0.25) is 0 Å². The van der Waals surface area contributed by atoms with E-state index in [9.17, 15) is 8.42 Å². The highest BCUT2D eigenvalue weighted by Crippen LogP contribution is 2.31. The molecule has 1 aliphatic heterocycles. The Balaban J connectivity index is 1.44. The van der Waals surface area contributed by atoms with Crippen LogP contribution >= 0.6 is 0 Å². The highest BCUT2D eigenvalue weighted by atomic mass is 32.2. The maximum Gasteiger partial charge on any atom is 0.240 e. The average Bonchev–Trinajstić information content (AvgIpc) is 2.66. The van der Waals surface area contributed by atoms with Crippen LogP contribution in [-0.2, 0) is 22.9 Å². The molecule has 0 bridgehead atoms. The second kappa shape index (κ2) is 6.69.